The molecule has 1 atom stereocenters. The second-order valence-corrected chi connectivity index (χ2v) is 3.90. The summed E-state index contributed by atoms with van der Waals surface area (Å²) >= 11 is 0. The van der Waals surface area contributed by atoms with Crippen molar-refractivity contribution in [2.45, 2.75) is 26.2 Å². The molecule has 1 aromatic rings. The Kier molecular flexibility index (Phi) is 5.22. The number of methoxy groups -OCH3 is 1. The smallest absolute Gasteiger partial charge is 0.150 e. The summed E-state index contributed by atoms with van der Waals surface area (Å²) in [6.45, 7) is 1.86. The molecule has 3 heteroatoms. The lowest BCUT2D eigenvalue weighted by atomic mass is 9.97. The van der Waals surface area contributed by atoms with Gasteiger partial charge in [-0.2, -0.15) is 5.26 Å². The molecular weight excluding hydrogens is 214 g/mol. The van der Waals surface area contributed by atoms with Gasteiger partial charge in [-0.25, -0.2) is 0 Å². The topological polar surface area (TPSA) is 50.1 Å². The third-order valence-corrected chi connectivity index (χ3v) is 2.77. The van der Waals surface area contributed by atoms with E-state index in [1.165, 1.54) is 0 Å². The van der Waals surface area contributed by atoms with E-state index in [2.05, 4.69) is 0 Å². The van der Waals surface area contributed by atoms with E-state index < -0.39 is 5.92 Å². The zero-order chi connectivity index (χ0) is 12.7. The number of hydrogen-bond acceptors (Lipinski definition) is 3. The Morgan fingerprint density at radius 2 is 2.06 bits per heavy atom. The second-order valence-electron chi connectivity index (χ2n) is 3.90. The van der Waals surface area contributed by atoms with E-state index in [4.69, 9.17) is 10.00 Å². The van der Waals surface area contributed by atoms with Crippen LogP contribution in [0.3, 0.4) is 0 Å². The van der Waals surface area contributed by atoms with Crippen molar-refractivity contribution in [3.8, 4) is 11.8 Å². The average molecular weight is 231 g/mol. The first kappa shape index (κ1) is 13.2. The molecule has 0 N–H and O–H groups in total. The molecule has 1 aromatic carbocycles. The van der Waals surface area contributed by atoms with Crippen molar-refractivity contribution in [2.75, 3.05) is 7.11 Å². The van der Waals surface area contributed by atoms with E-state index in [0.29, 0.717) is 19.3 Å². The number of ketones is 1. The van der Waals surface area contributed by atoms with Crippen LogP contribution < -0.4 is 4.74 Å². The molecule has 1 rings (SSSR count). The van der Waals surface area contributed by atoms with Gasteiger partial charge in [0.25, 0.3) is 0 Å². The fraction of sp³-hybridized carbons (Fsp3) is 0.429. The molecule has 3 nitrogen and oxygen atoms in total. The van der Waals surface area contributed by atoms with E-state index in [0.717, 1.165) is 11.3 Å². The third-order valence-electron chi connectivity index (χ3n) is 2.77. The minimum Gasteiger partial charge on any atom is -0.497 e. The SMILES string of the molecule is CCC(C#N)C(=O)CCc1ccc(OC)cc1. The van der Waals surface area contributed by atoms with Gasteiger partial charge in [0.15, 0.2) is 0 Å². The first-order chi connectivity index (χ1) is 8.21. The summed E-state index contributed by atoms with van der Waals surface area (Å²) in [6, 6.07) is 9.68. The number of Topliss-reactive ketones (excluding diaryl/α,β-unsaturated/α-hetero) is 1. The van der Waals surface area contributed by atoms with Gasteiger partial charge in [0, 0.05) is 6.42 Å². The van der Waals surface area contributed by atoms with Gasteiger partial charge >= 0.3 is 0 Å². The monoisotopic (exact) mass is 231 g/mol. The van der Waals surface area contributed by atoms with Crippen LogP contribution in [-0.4, -0.2) is 12.9 Å². The van der Waals surface area contributed by atoms with Gasteiger partial charge in [0.2, 0.25) is 0 Å². The van der Waals surface area contributed by atoms with Crippen LogP contribution in [0.1, 0.15) is 25.3 Å². The van der Waals surface area contributed by atoms with E-state index in [1.807, 2.05) is 37.3 Å². The minimum atomic E-state index is -0.451. The number of aryl methyl sites for hydroxylation is 1. The number of hydrogen-bond donors (Lipinski definition) is 0. The van der Waals surface area contributed by atoms with Crippen LogP contribution >= 0.6 is 0 Å². The molecule has 1 unspecified atom stereocenters. The van der Waals surface area contributed by atoms with Gasteiger partial charge in [0.1, 0.15) is 17.5 Å². The molecule has 0 bridgehead atoms. The fourth-order valence-corrected chi connectivity index (χ4v) is 1.62. The van der Waals surface area contributed by atoms with E-state index >= 15 is 0 Å². The van der Waals surface area contributed by atoms with Crippen LogP contribution in [0.5, 0.6) is 5.75 Å². The lowest BCUT2D eigenvalue weighted by Gasteiger charge is -2.05. The highest BCUT2D eigenvalue weighted by molar-refractivity contribution is 5.83. The van der Waals surface area contributed by atoms with Crippen LogP contribution in [0.4, 0.5) is 0 Å². The highest BCUT2D eigenvalue weighted by Crippen LogP contribution is 2.14. The Morgan fingerprint density at radius 3 is 2.53 bits per heavy atom. The molecule has 17 heavy (non-hydrogen) atoms. The maximum Gasteiger partial charge on any atom is 0.150 e. The lowest BCUT2D eigenvalue weighted by Crippen LogP contribution is -2.12. The first-order valence-corrected chi connectivity index (χ1v) is 5.76. The van der Waals surface area contributed by atoms with Crippen molar-refractivity contribution >= 4 is 5.78 Å². The predicted molar refractivity (Wildman–Crippen MR) is 65.7 cm³/mol. The van der Waals surface area contributed by atoms with E-state index in [-0.39, 0.29) is 5.78 Å². The van der Waals surface area contributed by atoms with Crippen molar-refractivity contribution in [3.63, 3.8) is 0 Å². The Bertz CT molecular complexity index is 403. The quantitative estimate of drug-likeness (QED) is 0.756. The van der Waals surface area contributed by atoms with Gasteiger partial charge in [-0.1, -0.05) is 19.1 Å². The molecule has 0 saturated carbocycles. The normalized spacial score (nSPS) is 11.6. The maximum atomic E-state index is 11.7. The molecule has 0 aliphatic carbocycles. The van der Waals surface area contributed by atoms with Crippen LogP contribution in [-0.2, 0) is 11.2 Å². The van der Waals surface area contributed by atoms with Crippen molar-refractivity contribution < 1.29 is 9.53 Å². The van der Waals surface area contributed by atoms with E-state index in [1.54, 1.807) is 7.11 Å². The predicted octanol–water partition coefficient (Wildman–Crippen LogP) is 2.75. The van der Waals surface area contributed by atoms with Crippen LogP contribution in [0.2, 0.25) is 0 Å². The van der Waals surface area contributed by atoms with Crippen LogP contribution in [0.15, 0.2) is 24.3 Å². The second kappa shape index (κ2) is 6.70. The van der Waals surface area contributed by atoms with Gasteiger partial charge in [-0.15, -0.1) is 0 Å². The highest BCUT2D eigenvalue weighted by Gasteiger charge is 2.14. The molecule has 0 spiro atoms. The minimum absolute atomic E-state index is 0.0332. The third kappa shape index (κ3) is 3.92. The number of benzene rings is 1. The first-order valence-electron chi connectivity index (χ1n) is 5.76. The van der Waals surface area contributed by atoms with Gasteiger partial charge in [0.05, 0.1) is 13.2 Å². The Hall–Kier alpha value is -1.82. The number of nitriles is 1. The molecule has 0 aliphatic rings. The summed E-state index contributed by atoms with van der Waals surface area (Å²) in [5.41, 5.74) is 1.09. The Morgan fingerprint density at radius 1 is 1.41 bits per heavy atom. The average Bonchev–Trinajstić information content (AvgIpc) is 2.38. The summed E-state index contributed by atoms with van der Waals surface area (Å²) < 4.78 is 5.06. The van der Waals surface area contributed by atoms with Crippen LogP contribution in [0, 0.1) is 17.2 Å². The fourth-order valence-electron chi connectivity index (χ4n) is 1.62. The van der Waals surface area contributed by atoms with Gasteiger partial charge in [-0.05, 0) is 30.5 Å². The number of carbonyl (C=O) groups is 1. The van der Waals surface area contributed by atoms with E-state index in [9.17, 15) is 4.79 Å². The summed E-state index contributed by atoms with van der Waals surface area (Å²) in [5.74, 6) is 0.391. The highest BCUT2D eigenvalue weighted by atomic mass is 16.5. The summed E-state index contributed by atoms with van der Waals surface area (Å²) in [7, 11) is 1.62. The lowest BCUT2D eigenvalue weighted by molar-refractivity contribution is -0.121. The standard InChI is InChI=1S/C14H17NO2/c1-3-12(10-15)14(16)9-6-11-4-7-13(17-2)8-5-11/h4-5,7-8,12H,3,6,9H2,1-2H3. The van der Waals surface area contributed by atoms with Gasteiger partial charge < -0.3 is 4.74 Å². The molecule has 0 amide bonds. The molecule has 90 valence electrons. The molecule has 0 aromatic heterocycles. The van der Waals surface area contributed by atoms with Crippen molar-refractivity contribution in [3.05, 3.63) is 29.8 Å². The zero-order valence-electron chi connectivity index (χ0n) is 10.3. The molecular formula is C14H17NO2. The van der Waals surface area contributed by atoms with Crippen molar-refractivity contribution in [1.29, 1.82) is 5.26 Å². The summed E-state index contributed by atoms with van der Waals surface area (Å²) in [5, 5.41) is 8.77. The largest absolute Gasteiger partial charge is 0.497 e. The Balaban J connectivity index is 2.50. The van der Waals surface area contributed by atoms with Crippen molar-refractivity contribution in [2.24, 2.45) is 5.92 Å². The molecule has 0 aliphatic heterocycles. The zero-order valence-corrected chi connectivity index (χ0v) is 10.3. The van der Waals surface area contributed by atoms with Crippen molar-refractivity contribution in [1.82, 2.24) is 0 Å². The molecule has 0 heterocycles. The molecule has 0 saturated heterocycles. The number of ether oxygens (including phenoxy) is 1. The maximum absolute atomic E-state index is 11.7. The van der Waals surface area contributed by atoms with Gasteiger partial charge in [-0.3, -0.25) is 4.79 Å². The summed E-state index contributed by atoms with van der Waals surface area (Å²) in [6.07, 6.45) is 1.71. The molecule has 0 fully saturated rings. The Labute approximate surface area is 102 Å². The molecule has 0 radical (unpaired) electrons. The number of carbonyl (C=O) groups excluding carboxylic acids is 1. The van der Waals surface area contributed by atoms with Crippen LogP contribution in [0.25, 0.3) is 0 Å². The number of rotatable bonds is 6. The number of nitrogens with zero attached hydrogens (tertiary/aromatic N) is 1. The summed E-state index contributed by atoms with van der Waals surface area (Å²) in [4.78, 5) is 11.7.